The van der Waals surface area contributed by atoms with E-state index in [1.165, 1.54) is 11.7 Å². The van der Waals surface area contributed by atoms with Crippen molar-refractivity contribution in [2.24, 2.45) is 0 Å². The number of rotatable bonds is 16. The highest BCUT2D eigenvalue weighted by molar-refractivity contribution is 5.82. The summed E-state index contributed by atoms with van der Waals surface area (Å²) in [5.41, 5.74) is 6.44. The molecule has 3 unspecified atom stereocenters. The number of nitriles is 1. The Morgan fingerprint density at radius 2 is 1.98 bits per heavy atom. The van der Waals surface area contributed by atoms with Gasteiger partial charge in [0.15, 0.2) is 17.1 Å². The van der Waals surface area contributed by atoms with Crippen molar-refractivity contribution >= 4 is 28.9 Å². The summed E-state index contributed by atoms with van der Waals surface area (Å²) < 4.78 is 18.0. The molecule has 0 spiro atoms. The number of imidazole rings is 1. The van der Waals surface area contributed by atoms with Crippen LogP contribution in [0.1, 0.15) is 70.0 Å². The lowest BCUT2D eigenvalue weighted by Crippen LogP contribution is -2.54. The van der Waals surface area contributed by atoms with Crippen LogP contribution in [0, 0.1) is 11.3 Å². The number of likely N-dealkylation sites (N-methyl/N-ethyl adjacent to an activating group) is 1. The molecule has 14 nitrogen and oxygen atoms in total. The summed E-state index contributed by atoms with van der Waals surface area (Å²) >= 11 is 0. The minimum Gasteiger partial charge on any atom is -0.469 e. The third-order valence-corrected chi connectivity index (χ3v) is 8.31. The minimum atomic E-state index is -1.44. The number of esters is 1. The highest BCUT2D eigenvalue weighted by Gasteiger charge is 2.49. The Kier molecular flexibility index (Phi) is 11.7. The Bertz CT molecular complexity index is 1600. The molecule has 1 aliphatic rings. The third-order valence-electron chi connectivity index (χ3n) is 8.31. The summed E-state index contributed by atoms with van der Waals surface area (Å²) in [5.74, 6) is -0.426. The van der Waals surface area contributed by atoms with Crippen LogP contribution in [0.4, 0.5) is 5.82 Å². The van der Waals surface area contributed by atoms with E-state index in [0.29, 0.717) is 32.5 Å². The first-order chi connectivity index (χ1) is 22.2. The van der Waals surface area contributed by atoms with Crippen molar-refractivity contribution in [3.63, 3.8) is 0 Å². The van der Waals surface area contributed by atoms with Crippen molar-refractivity contribution in [2.75, 3.05) is 39.1 Å². The number of nitrogens with one attached hydrogen (secondary N) is 2. The number of hydrogen-bond donors (Lipinski definition) is 3. The van der Waals surface area contributed by atoms with Gasteiger partial charge in [-0.3, -0.25) is 19.1 Å². The van der Waals surface area contributed by atoms with Gasteiger partial charge in [0.1, 0.15) is 11.6 Å². The van der Waals surface area contributed by atoms with Crippen LogP contribution in [0.15, 0.2) is 29.1 Å². The summed E-state index contributed by atoms with van der Waals surface area (Å²) in [7, 11) is 1.35. The van der Waals surface area contributed by atoms with E-state index in [4.69, 9.17) is 19.9 Å². The van der Waals surface area contributed by atoms with E-state index in [9.17, 15) is 19.6 Å². The molecule has 0 aliphatic carbocycles. The quantitative estimate of drug-likeness (QED) is 0.155. The third kappa shape index (κ3) is 7.66. The lowest BCUT2D eigenvalue weighted by Gasteiger charge is -2.37. The van der Waals surface area contributed by atoms with Crippen molar-refractivity contribution < 1.29 is 23.8 Å². The number of anilines is 1. The molecule has 1 saturated heterocycles. The summed E-state index contributed by atoms with van der Waals surface area (Å²) in [6, 6.07) is 8.55. The molecule has 1 aliphatic heterocycles. The van der Waals surface area contributed by atoms with E-state index >= 15 is 0 Å². The van der Waals surface area contributed by atoms with Gasteiger partial charge in [0, 0.05) is 13.1 Å². The van der Waals surface area contributed by atoms with Crippen molar-refractivity contribution in [3.8, 4) is 12.1 Å². The van der Waals surface area contributed by atoms with E-state index in [-0.39, 0.29) is 54.4 Å². The van der Waals surface area contributed by atoms with Crippen molar-refractivity contribution in [2.45, 2.75) is 83.5 Å². The Labute approximate surface area is 268 Å². The molecule has 2 aromatic heterocycles. The Balaban J connectivity index is 1.56. The number of fused-ring (bicyclic) bond motifs is 1. The number of ether oxygens (including phenoxy) is 3. The van der Waals surface area contributed by atoms with Crippen molar-refractivity contribution in [3.05, 3.63) is 45.9 Å². The molecule has 3 heterocycles. The van der Waals surface area contributed by atoms with Gasteiger partial charge in [0.25, 0.3) is 0 Å². The fraction of sp³-hybridized carbons (Fsp3) is 0.562. The van der Waals surface area contributed by atoms with Gasteiger partial charge >= 0.3 is 17.7 Å². The molecule has 14 heteroatoms. The number of hydrogen-bond acceptors (Lipinski definition) is 11. The van der Waals surface area contributed by atoms with Crippen LogP contribution in [-0.4, -0.2) is 81.4 Å². The second-order valence-corrected chi connectivity index (χ2v) is 11.4. The molecule has 4 N–H and O–H groups in total. The van der Waals surface area contributed by atoms with Crippen molar-refractivity contribution in [1.82, 2.24) is 29.7 Å². The van der Waals surface area contributed by atoms with Crippen molar-refractivity contribution in [1.29, 1.82) is 5.26 Å². The zero-order valence-corrected chi connectivity index (χ0v) is 27.0. The molecular weight excluding hydrogens is 592 g/mol. The molecule has 1 fully saturated rings. The lowest BCUT2D eigenvalue weighted by atomic mass is 9.93. The van der Waals surface area contributed by atoms with Gasteiger partial charge < -0.3 is 30.2 Å². The van der Waals surface area contributed by atoms with Crippen LogP contribution >= 0.6 is 0 Å². The van der Waals surface area contributed by atoms with E-state index in [2.05, 4.69) is 26.3 Å². The van der Waals surface area contributed by atoms with Gasteiger partial charge in [-0.15, -0.1) is 0 Å². The Morgan fingerprint density at radius 1 is 1.24 bits per heavy atom. The molecule has 1 aromatic carbocycles. The van der Waals surface area contributed by atoms with E-state index in [1.807, 2.05) is 49.9 Å². The SMILES string of the molecule is CCCCOc1nc(N)c2[nH]c(=O)n(C3CCOC3(C#N)CN(CC)C(CCC)C(=O)NCc3ccc(CC(=O)OC)cc3)c2n1. The summed E-state index contributed by atoms with van der Waals surface area (Å²) in [5, 5.41) is 13.6. The number of nitrogens with zero attached hydrogens (tertiary/aromatic N) is 5. The van der Waals surface area contributed by atoms with Gasteiger partial charge in [-0.1, -0.05) is 57.9 Å². The predicted octanol–water partition coefficient (Wildman–Crippen LogP) is 2.63. The first kappa shape index (κ1) is 34.4. The number of methoxy groups -OCH3 is 1. The van der Waals surface area contributed by atoms with Crippen LogP contribution in [-0.2, 0) is 32.0 Å². The van der Waals surface area contributed by atoms with Crippen LogP contribution in [0.25, 0.3) is 11.2 Å². The number of aromatic nitrogens is 4. The first-order valence-electron chi connectivity index (χ1n) is 15.8. The van der Waals surface area contributed by atoms with E-state index < -0.39 is 23.4 Å². The minimum absolute atomic E-state index is 0.0562. The monoisotopic (exact) mass is 636 g/mol. The van der Waals surface area contributed by atoms with Crippen LogP contribution < -0.4 is 21.5 Å². The van der Waals surface area contributed by atoms with Crippen LogP contribution in [0.3, 0.4) is 0 Å². The molecule has 4 rings (SSSR count). The Morgan fingerprint density at radius 3 is 2.63 bits per heavy atom. The molecule has 0 radical (unpaired) electrons. The number of carbonyl (C=O) groups is 2. The molecule has 0 saturated carbocycles. The van der Waals surface area contributed by atoms with E-state index in [0.717, 1.165) is 30.4 Å². The van der Waals surface area contributed by atoms with Crippen LogP contribution in [0.2, 0.25) is 0 Å². The fourth-order valence-corrected chi connectivity index (χ4v) is 5.79. The number of nitrogen functional groups attached to an aromatic ring is 1. The largest absolute Gasteiger partial charge is 0.469 e. The average Bonchev–Trinajstić information content (AvgIpc) is 3.62. The van der Waals surface area contributed by atoms with Gasteiger partial charge in [-0.2, -0.15) is 15.2 Å². The number of amides is 1. The topological polar surface area (TPSA) is 190 Å². The molecule has 248 valence electrons. The number of aromatic amines is 1. The second-order valence-electron chi connectivity index (χ2n) is 11.4. The number of H-pyrrole nitrogens is 1. The maximum absolute atomic E-state index is 13.6. The highest BCUT2D eigenvalue weighted by Crippen LogP contribution is 2.38. The number of unbranched alkanes of at least 4 members (excludes halogenated alkanes) is 1. The first-order valence-corrected chi connectivity index (χ1v) is 15.8. The summed E-state index contributed by atoms with van der Waals surface area (Å²) in [4.78, 5) is 51.9. The summed E-state index contributed by atoms with van der Waals surface area (Å²) in [6.07, 6.45) is 3.57. The van der Waals surface area contributed by atoms with E-state index in [1.54, 1.807) is 0 Å². The molecule has 3 atom stereocenters. The maximum atomic E-state index is 13.6. The smallest absolute Gasteiger partial charge is 0.328 e. The highest BCUT2D eigenvalue weighted by atomic mass is 16.5. The fourth-order valence-electron chi connectivity index (χ4n) is 5.79. The normalized spacial score (nSPS) is 18.4. The lowest BCUT2D eigenvalue weighted by molar-refractivity contribution is -0.139. The maximum Gasteiger partial charge on any atom is 0.328 e. The number of benzene rings is 1. The van der Waals surface area contributed by atoms with Gasteiger partial charge in [0.05, 0.1) is 38.8 Å². The van der Waals surface area contributed by atoms with Gasteiger partial charge in [0.2, 0.25) is 5.91 Å². The standard InChI is InChI=1S/C32H44N8O6/c1-5-8-15-45-30-37-27(34)26-28(38-30)40(31(43)36-26)24-14-16-46-32(24,19-33)20-39(7-3)23(9-6-2)29(42)35-18-22-12-10-21(11-13-22)17-25(41)44-4/h10-13,23-24H,5-9,14-18,20H2,1-4H3,(H,35,42)(H,36,43)(H2,34,37,38). The number of nitrogens with two attached hydrogens (primary N) is 1. The van der Waals surface area contributed by atoms with Crippen LogP contribution in [0.5, 0.6) is 6.01 Å². The zero-order valence-electron chi connectivity index (χ0n) is 27.0. The summed E-state index contributed by atoms with van der Waals surface area (Å²) in [6.45, 7) is 7.46. The molecule has 3 aromatic rings. The second kappa shape index (κ2) is 15.7. The Hall–Kier alpha value is -4.48. The molecule has 0 bridgehead atoms. The molecular formula is C32H44N8O6. The average molecular weight is 637 g/mol. The van der Waals surface area contributed by atoms with Gasteiger partial charge in [-0.25, -0.2) is 4.79 Å². The zero-order chi connectivity index (χ0) is 33.3. The molecule has 46 heavy (non-hydrogen) atoms. The number of carbonyl (C=O) groups excluding carboxylic acids is 2. The predicted molar refractivity (Wildman–Crippen MR) is 171 cm³/mol. The van der Waals surface area contributed by atoms with Gasteiger partial charge in [-0.05, 0) is 36.9 Å². The molecule has 1 amide bonds.